The van der Waals surface area contributed by atoms with Crippen molar-refractivity contribution in [1.29, 1.82) is 0 Å². The van der Waals surface area contributed by atoms with Gasteiger partial charge in [-0.15, -0.1) is 0 Å². The Balaban J connectivity index is 1.55. The van der Waals surface area contributed by atoms with Crippen LogP contribution in [0, 0.1) is 0 Å². The molecule has 0 fully saturated rings. The van der Waals surface area contributed by atoms with E-state index in [9.17, 15) is 9.59 Å². The predicted molar refractivity (Wildman–Crippen MR) is 180 cm³/mol. The van der Waals surface area contributed by atoms with E-state index in [2.05, 4.69) is 48.7 Å². The van der Waals surface area contributed by atoms with Gasteiger partial charge in [0.25, 0.3) is 0 Å². The molecule has 43 heavy (non-hydrogen) atoms. The van der Waals surface area contributed by atoms with Crippen LogP contribution in [-0.4, -0.2) is 24.9 Å². The molecule has 0 heterocycles. The summed E-state index contributed by atoms with van der Waals surface area (Å²) in [7, 11) is 0. The molecule has 0 saturated carbocycles. The van der Waals surface area contributed by atoms with Crippen LogP contribution in [0.4, 0.5) is 21.0 Å². The molecule has 6 heteroatoms. The van der Waals surface area contributed by atoms with Crippen LogP contribution in [0.25, 0.3) is 0 Å². The van der Waals surface area contributed by atoms with Crippen molar-refractivity contribution in [2.75, 3.05) is 17.2 Å². The molecule has 240 valence electrons. The summed E-state index contributed by atoms with van der Waals surface area (Å²) in [6, 6.07) is 15.8. The van der Waals surface area contributed by atoms with Gasteiger partial charge in [0.15, 0.2) is 0 Å². The van der Waals surface area contributed by atoms with Gasteiger partial charge in [-0.25, -0.2) is 9.59 Å². The Morgan fingerprint density at radius 2 is 0.930 bits per heavy atom. The number of benzene rings is 2. The lowest BCUT2D eigenvalue weighted by molar-refractivity contribution is 0.0651. The highest BCUT2D eigenvalue weighted by atomic mass is 16.6. The second-order valence-corrected chi connectivity index (χ2v) is 11.9. The Hall–Kier alpha value is -3.02. The van der Waals surface area contributed by atoms with Gasteiger partial charge in [-0.2, -0.15) is 0 Å². The van der Waals surface area contributed by atoms with Crippen LogP contribution >= 0.6 is 0 Å². The molecular formula is C37H58N2O4. The number of amides is 2. The fourth-order valence-electron chi connectivity index (χ4n) is 5.15. The molecule has 0 aliphatic rings. The van der Waals surface area contributed by atoms with E-state index < -0.39 is 18.3 Å². The largest absolute Gasteiger partial charge is 0.445 e. The van der Waals surface area contributed by atoms with Gasteiger partial charge in [0, 0.05) is 11.4 Å². The molecule has 2 aromatic rings. The summed E-state index contributed by atoms with van der Waals surface area (Å²) in [5.41, 5.74) is 3.91. The molecule has 0 spiro atoms. The predicted octanol–water partition coefficient (Wildman–Crippen LogP) is 11.2. The minimum Gasteiger partial charge on any atom is -0.445 e. The van der Waals surface area contributed by atoms with Crippen LogP contribution in [-0.2, 0) is 22.3 Å². The third-order valence-electron chi connectivity index (χ3n) is 7.80. The van der Waals surface area contributed by atoms with Crippen molar-refractivity contribution in [2.24, 2.45) is 0 Å². The Bertz CT molecular complexity index is 991. The maximum atomic E-state index is 12.3. The summed E-state index contributed by atoms with van der Waals surface area (Å²) in [6.07, 6.45) is 21.3. The number of unbranched alkanes of at least 4 members (excludes halogenated alkanes) is 14. The summed E-state index contributed by atoms with van der Waals surface area (Å²) < 4.78 is 10.6. The standard InChI is InChI=1S/C37H58N2O4/c1-4-6-8-10-12-14-16-18-20-32-22-26-34(27-23-32)38-36(40)42-30-31(3)43-37(41)39-35-28-24-33(25-29-35)21-19-17-15-13-11-9-7-5-2/h22-29,31H,4-21,30H2,1-3H3,(H,38,40)(H,39,41). The lowest BCUT2D eigenvalue weighted by Gasteiger charge is -2.15. The smallest absolute Gasteiger partial charge is 0.412 e. The van der Waals surface area contributed by atoms with Gasteiger partial charge in [0.1, 0.15) is 12.7 Å². The van der Waals surface area contributed by atoms with Crippen LogP contribution in [0.2, 0.25) is 0 Å². The molecule has 1 atom stereocenters. The number of carbonyl (C=O) groups excluding carboxylic acids is 2. The van der Waals surface area contributed by atoms with Crippen molar-refractivity contribution in [3.8, 4) is 0 Å². The first-order valence-corrected chi connectivity index (χ1v) is 17.1. The van der Waals surface area contributed by atoms with Gasteiger partial charge in [-0.05, 0) is 68.0 Å². The van der Waals surface area contributed by atoms with Gasteiger partial charge in [0.05, 0.1) is 0 Å². The molecule has 0 saturated heterocycles. The molecule has 2 N–H and O–H groups in total. The highest BCUT2D eigenvalue weighted by molar-refractivity contribution is 5.85. The molecular weight excluding hydrogens is 536 g/mol. The van der Waals surface area contributed by atoms with Crippen LogP contribution in [0.1, 0.15) is 135 Å². The van der Waals surface area contributed by atoms with Crippen LogP contribution < -0.4 is 10.6 Å². The quantitative estimate of drug-likeness (QED) is 0.125. The third kappa shape index (κ3) is 18.3. The summed E-state index contributed by atoms with van der Waals surface area (Å²) >= 11 is 0. The lowest BCUT2D eigenvalue weighted by atomic mass is 10.0. The number of hydrogen-bond donors (Lipinski definition) is 2. The van der Waals surface area contributed by atoms with Crippen molar-refractivity contribution in [3.05, 3.63) is 59.7 Å². The molecule has 0 radical (unpaired) electrons. The SMILES string of the molecule is CCCCCCCCCCc1ccc(NC(=O)OCC(C)OC(=O)Nc2ccc(CCCCCCCCCC)cc2)cc1. The van der Waals surface area contributed by atoms with E-state index in [1.807, 2.05) is 24.3 Å². The van der Waals surface area contributed by atoms with Gasteiger partial charge in [-0.3, -0.25) is 10.6 Å². The first-order valence-electron chi connectivity index (χ1n) is 17.1. The number of carbonyl (C=O) groups is 2. The summed E-state index contributed by atoms with van der Waals surface area (Å²) in [5, 5.41) is 5.49. The maximum absolute atomic E-state index is 12.3. The zero-order valence-corrected chi connectivity index (χ0v) is 27.3. The average molecular weight is 595 g/mol. The van der Waals surface area contributed by atoms with E-state index >= 15 is 0 Å². The van der Waals surface area contributed by atoms with Gasteiger partial charge >= 0.3 is 12.2 Å². The second kappa shape index (κ2) is 23.4. The van der Waals surface area contributed by atoms with Crippen molar-refractivity contribution < 1.29 is 19.1 Å². The summed E-state index contributed by atoms with van der Waals surface area (Å²) in [5.74, 6) is 0. The van der Waals surface area contributed by atoms with Crippen molar-refractivity contribution in [3.63, 3.8) is 0 Å². The average Bonchev–Trinajstić information content (AvgIpc) is 3.00. The maximum Gasteiger partial charge on any atom is 0.412 e. The highest BCUT2D eigenvalue weighted by Gasteiger charge is 2.13. The van der Waals surface area contributed by atoms with E-state index in [4.69, 9.17) is 9.47 Å². The Morgan fingerprint density at radius 1 is 0.558 bits per heavy atom. The normalized spacial score (nSPS) is 11.6. The molecule has 0 aliphatic carbocycles. The van der Waals surface area contributed by atoms with E-state index in [1.165, 1.54) is 114 Å². The lowest BCUT2D eigenvalue weighted by Crippen LogP contribution is -2.26. The van der Waals surface area contributed by atoms with E-state index in [0.29, 0.717) is 11.4 Å². The van der Waals surface area contributed by atoms with Crippen molar-refractivity contribution in [2.45, 2.75) is 142 Å². The number of aryl methyl sites for hydroxylation is 2. The summed E-state index contributed by atoms with van der Waals surface area (Å²) in [4.78, 5) is 24.5. The van der Waals surface area contributed by atoms with Crippen LogP contribution in [0.3, 0.4) is 0 Å². The van der Waals surface area contributed by atoms with E-state index in [-0.39, 0.29) is 6.61 Å². The molecule has 0 aromatic heterocycles. The van der Waals surface area contributed by atoms with Gasteiger partial charge in [-0.1, -0.05) is 128 Å². The van der Waals surface area contributed by atoms with E-state index in [1.54, 1.807) is 6.92 Å². The van der Waals surface area contributed by atoms with E-state index in [0.717, 1.165) is 12.8 Å². The van der Waals surface area contributed by atoms with Gasteiger partial charge < -0.3 is 9.47 Å². The van der Waals surface area contributed by atoms with Crippen LogP contribution in [0.5, 0.6) is 0 Å². The molecule has 1 unspecified atom stereocenters. The minimum absolute atomic E-state index is 0.0344. The Labute approximate surface area is 261 Å². The molecule has 2 amide bonds. The number of rotatable bonds is 23. The van der Waals surface area contributed by atoms with Crippen molar-refractivity contribution >= 4 is 23.6 Å². The fraction of sp³-hybridized carbons (Fsp3) is 0.622. The Kier molecular flexibility index (Phi) is 19.7. The summed E-state index contributed by atoms with van der Waals surface area (Å²) in [6.45, 7) is 6.16. The number of nitrogens with one attached hydrogen (secondary N) is 2. The minimum atomic E-state index is -0.582. The first-order chi connectivity index (χ1) is 21.0. The second-order valence-electron chi connectivity index (χ2n) is 11.9. The zero-order valence-electron chi connectivity index (χ0n) is 27.3. The van der Waals surface area contributed by atoms with Gasteiger partial charge in [0.2, 0.25) is 0 Å². The molecule has 2 rings (SSSR count). The van der Waals surface area contributed by atoms with Crippen molar-refractivity contribution in [1.82, 2.24) is 0 Å². The topological polar surface area (TPSA) is 76.7 Å². The first kappa shape index (κ1) is 36.2. The fourth-order valence-corrected chi connectivity index (χ4v) is 5.15. The number of hydrogen-bond acceptors (Lipinski definition) is 4. The number of anilines is 2. The molecule has 0 aliphatic heterocycles. The monoisotopic (exact) mass is 594 g/mol. The third-order valence-corrected chi connectivity index (χ3v) is 7.80. The number of ether oxygens (including phenoxy) is 2. The zero-order chi connectivity index (χ0) is 31.0. The highest BCUT2D eigenvalue weighted by Crippen LogP contribution is 2.16. The molecule has 0 bridgehead atoms. The molecule has 2 aromatic carbocycles. The molecule has 6 nitrogen and oxygen atoms in total. The Morgan fingerprint density at radius 3 is 1.35 bits per heavy atom. The van der Waals surface area contributed by atoms with Crippen LogP contribution in [0.15, 0.2) is 48.5 Å².